The van der Waals surface area contributed by atoms with Gasteiger partial charge in [-0.15, -0.1) is 0 Å². The van der Waals surface area contributed by atoms with E-state index in [1.807, 2.05) is 63.2 Å². The van der Waals surface area contributed by atoms with Crippen molar-refractivity contribution in [3.8, 4) is 5.75 Å². The van der Waals surface area contributed by atoms with E-state index in [0.29, 0.717) is 17.9 Å². The zero-order valence-corrected chi connectivity index (χ0v) is 15.4. The van der Waals surface area contributed by atoms with Gasteiger partial charge in [0, 0.05) is 23.8 Å². The third kappa shape index (κ3) is 3.87. The van der Waals surface area contributed by atoms with Crippen LogP contribution in [0.25, 0.3) is 0 Å². The molecule has 0 spiro atoms. The van der Waals surface area contributed by atoms with Crippen LogP contribution in [0.3, 0.4) is 0 Å². The van der Waals surface area contributed by atoms with Crippen LogP contribution in [0.5, 0.6) is 5.75 Å². The molecule has 1 atom stereocenters. The molecule has 1 unspecified atom stereocenters. The molecule has 2 aromatic rings. The number of hydrogen-bond acceptors (Lipinski definition) is 3. The minimum Gasteiger partial charge on any atom is -0.483 e. The standard InChI is InChI=1S/C21H24N2O3/c1-14-6-4-9-19(16(14)3)26-13-20(24)22-17-7-5-8-18(12-17)23-15(2)10-11-21(23)25/h4-9,12,15H,10-11,13H2,1-3H3,(H,22,24). The highest BCUT2D eigenvalue weighted by Crippen LogP contribution is 2.28. The summed E-state index contributed by atoms with van der Waals surface area (Å²) in [7, 11) is 0. The molecule has 0 saturated carbocycles. The zero-order valence-electron chi connectivity index (χ0n) is 15.4. The molecule has 0 radical (unpaired) electrons. The lowest BCUT2D eigenvalue weighted by atomic mass is 10.1. The second kappa shape index (κ2) is 7.60. The number of nitrogens with one attached hydrogen (secondary N) is 1. The summed E-state index contributed by atoms with van der Waals surface area (Å²) in [5.74, 6) is 0.605. The van der Waals surface area contributed by atoms with Crippen LogP contribution < -0.4 is 15.0 Å². The fraction of sp³-hybridized carbons (Fsp3) is 0.333. The first-order valence-electron chi connectivity index (χ1n) is 8.86. The van der Waals surface area contributed by atoms with Gasteiger partial charge < -0.3 is 15.0 Å². The summed E-state index contributed by atoms with van der Waals surface area (Å²) < 4.78 is 5.64. The van der Waals surface area contributed by atoms with Gasteiger partial charge >= 0.3 is 0 Å². The van der Waals surface area contributed by atoms with Crippen LogP contribution in [0.4, 0.5) is 11.4 Å². The second-order valence-corrected chi connectivity index (χ2v) is 6.74. The zero-order chi connectivity index (χ0) is 18.7. The number of hydrogen-bond donors (Lipinski definition) is 1. The number of anilines is 2. The van der Waals surface area contributed by atoms with Gasteiger partial charge in [-0.25, -0.2) is 0 Å². The van der Waals surface area contributed by atoms with Crippen molar-refractivity contribution in [3.63, 3.8) is 0 Å². The average Bonchev–Trinajstić information content (AvgIpc) is 2.95. The Labute approximate surface area is 154 Å². The van der Waals surface area contributed by atoms with Gasteiger partial charge in [0.2, 0.25) is 5.91 Å². The summed E-state index contributed by atoms with van der Waals surface area (Å²) in [6.07, 6.45) is 1.43. The topological polar surface area (TPSA) is 58.6 Å². The van der Waals surface area contributed by atoms with E-state index >= 15 is 0 Å². The molecule has 1 heterocycles. The van der Waals surface area contributed by atoms with Gasteiger partial charge in [-0.3, -0.25) is 9.59 Å². The van der Waals surface area contributed by atoms with Gasteiger partial charge in [-0.05, 0) is 62.6 Å². The fourth-order valence-corrected chi connectivity index (χ4v) is 3.18. The average molecular weight is 352 g/mol. The summed E-state index contributed by atoms with van der Waals surface area (Å²) >= 11 is 0. The number of carbonyl (C=O) groups is 2. The first-order chi connectivity index (χ1) is 12.5. The molecule has 1 aliphatic heterocycles. The second-order valence-electron chi connectivity index (χ2n) is 6.74. The number of ether oxygens (including phenoxy) is 1. The predicted molar refractivity (Wildman–Crippen MR) is 103 cm³/mol. The van der Waals surface area contributed by atoms with Gasteiger partial charge in [-0.1, -0.05) is 18.2 Å². The predicted octanol–water partition coefficient (Wildman–Crippen LogP) is 3.84. The quantitative estimate of drug-likeness (QED) is 0.889. The van der Waals surface area contributed by atoms with Crippen LogP contribution in [0.1, 0.15) is 30.9 Å². The fourth-order valence-electron chi connectivity index (χ4n) is 3.18. The van der Waals surface area contributed by atoms with Crippen LogP contribution in [0.15, 0.2) is 42.5 Å². The largest absolute Gasteiger partial charge is 0.483 e. The Morgan fingerprint density at radius 1 is 1.23 bits per heavy atom. The number of nitrogens with zero attached hydrogens (tertiary/aromatic N) is 1. The first kappa shape index (κ1) is 18.0. The van der Waals surface area contributed by atoms with E-state index in [2.05, 4.69) is 5.32 Å². The van der Waals surface area contributed by atoms with Crippen molar-refractivity contribution in [2.75, 3.05) is 16.8 Å². The number of amides is 2. The minimum absolute atomic E-state index is 0.0619. The molecule has 1 N–H and O–H groups in total. The lowest BCUT2D eigenvalue weighted by Gasteiger charge is -2.22. The molecule has 3 rings (SSSR count). The molecule has 2 aromatic carbocycles. The van der Waals surface area contributed by atoms with Crippen molar-refractivity contribution in [1.29, 1.82) is 0 Å². The van der Waals surface area contributed by atoms with Gasteiger partial charge in [-0.2, -0.15) is 0 Å². The van der Waals surface area contributed by atoms with Crippen LogP contribution >= 0.6 is 0 Å². The van der Waals surface area contributed by atoms with Crippen LogP contribution in [-0.4, -0.2) is 24.5 Å². The lowest BCUT2D eigenvalue weighted by molar-refractivity contribution is -0.118. The maximum absolute atomic E-state index is 12.2. The highest BCUT2D eigenvalue weighted by atomic mass is 16.5. The molecule has 26 heavy (non-hydrogen) atoms. The van der Waals surface area contributed by atoms with E-state index in [9.17, 15) is 9.59 Å². The molecule has 1 aliphatic rings. The van der Waals surface area contributed by atoms with Crippen molar-refractivity contribution in [2.45, 2.75) is 39.7 Å². The van der Waals surface area contributed by atoms with Crippen LogP contribution in [0, 0.1) is 13.8 Å². The molecule has 1 saturated heterocycles. The van der Waals surface area contributed by atoms with Crippen molar-refractivity contribution < 1.29 is 14.3 Å². The molecular weight excluding hydrogens is 328 g/mol. The van der Waals surface area contributed by atoms with E-state index in [1.54, 1.807) is 4.90 Å². The van der Waals surface area contributed by atoms with E-state index in [4.69, 9.17) is 4.74 Å². The van der Waals surface area contributed by atoms with Gasteiger partial charge in [0.05, 0.1) is 0 Å². The summed E-state index contributed by atoms with van der Waals surface area (Å²) in [5, 5.41) is 2.84. The maximum Gasteiger partial charge on any atom is 0.262 e. The molecule has 0 bridgehead atoms. The van der Waals surface area contributed by atoms with E-state index < -0.39 is 0 Å². The Bertz CT molecular complexity index is 832. The number of aryl methyl sites for hydroxylation is 1. The monoisotopic (exact) mass is 352 g/mol. The van der Waals surface area contributed by atoms with Crippen LogP contribution in [-0.2, 0) is 9.59 Å². The normalized spacial score (nSPS) is 16.7. The van der Waals surface area contributed by atoms with E-state index in [1.165, 1.54) is 0 Å². The summed E-state index contributed by atoms with van der Waals surface area (Å²) in [4.78, 5) is 26.1. The van der Waals surface area contributed by atoms with Crippen molar-refractivity contribution in [3.05, 3.63) is 53.6 Å². The van der Waals surface area contributed by atoms with Gasteiger partial charge in [0.1, 0.15) is 5.75 Å². The van der Waals surface area contributed by atoms with Crippen molar-refractivity contribution in [2.24, 2.45) is 0 Å². The SMILES string of the molecule is Cc1cccc(OCC(=O)Nc2cccc(N3C(=O)CCC3C)c2)c1C. The van der Waals surface area contributed by atoms with Crippen molar-refractivity contribution in [1.82, 2.24) is 0 Å². The smallest absolute Gasteiger partial charge is 0.262 e. The Kier molecular flexibility index (Phi) is 5.26. The number of carbonyl (C=O) groups excluding carboxylic acids is 2. The molecule has 5 nitrogen and oxygen atoms in total. The molecule has 0 aromatic heterocycles. The highest BCUT2D eigenvalue weighted by molar-refractivity contribution is 5.97. The third-order valence-corrected chi connectivity index (χ3v) is 4.81. The Balaban J connectivity index is 1.64. The molecule has 2 amide bonds. The summed E-state index contributed by atoms with van der Waals surface area (Å²) in [5.41, 5.74) is 3.63. The van der Waals surface area contributed by atoms with Crippen molar-refractivity contribution >= 4 is 23.2 Å². The number of benzene rings is 2. The highest BCUT2D eigenvalue weighted by Gasteiger charge is 2.28. The lowest BCUT2D eigenvalue weighted by Crippen LogP contribution is -2.30. The van der Waals surface area contributed by atoms with E-state index in [0.717, 1.165) is 23.2 Å². The minimum atomic E-state index is -0.233. The molecule has 0 aliphatic carbocycles. The van der Waals surface area contributed by atoms with Gasteiger partial charge in [0.15, 0.2) is 6.61 Å². The Morgan fingerprint density at radius 3 is 2.73 bits per heavy atom. The maximum atomic E-state index is 12.2. The summed E-state index contributed by atoms with van der Waals surface area (Å²) in [6.45, 7) is 5.95. The molecule has 136 valence electrons. The Morgan fingerprint density at radius 2 is 2.00 bits per heavy atom. The first-order valence-corrected chi connectivity index (χ1v) is 8.86. The molecular formula is C21H24N2O3. The Hall–Kier alpha value is -2.82. The summed E-state index contributed by atoms with van der Waals surface area (Å²) in [6, 6.07) is 13.3. The molecule has 5 heteroatoms. The van der Waals surface area contributed by atoms with E-state index in [-0.39, 0.29) is 24.5 Å². The third-order valence-electron chi connectivity index (χ3n) is 4.81. The number of rotatable bonds is 5. The van der Waals surface area contributed by atoms with Crippen LogP contribution in [0.2, 0.25) is 0 Å². The molecule has 1 fully saturated rings. The van der Waals surface area contributed by atoms with Gasteiger partial charge in [0.25, 0.3) is 5.91 Å².